The fraction of sp³-hybridized carbons (Fsp3) is 0.462. The molecule has 7 nitrogen and oxygen atoms in total. The van der Waals surface area contributed by atoms with Gasteiger partial charge in [-0.3, -0.25) is 0 Å². The Morgan fingerprint density at radius 2 is 2.05 bits per heavy atom. The van der Waals surface area contributed by atoms with Gasteiger partial charge >= 0.3 is 0 Å². The number of benzene rings is 1. The molecule has 1 aromatic heterocycles. The summed E-state index contributed by atoms with van der Waals surface area (Å²) < 4.78 is 27.0. The van der Waals surface area contributed by atoms with Gasteiger partial charge in [0.15, 0.2) is 5.82 Å². The highest BCUT2D eigenvalue weighted by molar-refractivity contribution is 7.89. The highest BCUT2D eigenvalue weighted by Crippen LogP contribution is 2.30. The molecule has 1 aromatic carbocycles. The molecule has 1 fully saturated rings. The predicted molar refractivity (Wildman–Crippen MR) is 81.1 cm³/mol. The molecule has 0 saturated carbocycles. The lowest BCUT2D eigenvalue weighted by molar-refractivity contribution is 0.313. The van der Waals surface area contributed by atoms with E-state index in [2.05, 4.69) is 20.6 Å². The van der Waals surface area contributed by atoms with Crippen molar-refractivity contribution in [2.24, 2.45) is 0 Å². The van der Waals surface area contributed by atoms with E-state index in [4.69, 9.17) is 11.6 Å². The van der Waals surface area contributed by atoms with Crippen molar-refractivity contribution in [2.75, 3.05) is 13.1 Å². The van der Waals surface area contributed by atoms with E-state index in [1.807, 2.05) is 0 Å². The van der Waals surface area contributed by atoms with Crippen LogP contribution in [0, 0.1) is 6.92 Å². The Morgan fingerprint density at radius 3 is 2.68 bits per heavy atom. The third-order valence-corrected chi connectivity index (χ3v) is 6.22. The van der Waals surface area contributed by atoms with Gasteiger partial charge in [-0.15, -0.1) is 10.2 Å². The van der Waals surface area contributed by atoms with Crippen LogP contribution >= 0.6 is 11.6 Å². The van der Waals surface area contributed by atoms with Crippen molar-refractivity contribution in [1.82, 2.24) is 24.9 Å². The molecule has 0 unspecified atom stereocenters. The number of aromatic nitrogens is 4. The van der Waals surface area contributed by atoms with E-state index in [1.165, 1.54) is 10.4 Å². The largest absolute Gasteiger partial charge is 0.243 e. The van der Waals surface area contributed by atoms with E-state index < -0.39 is 10.0 Å². The number of aryl methyl sites for hydroxylation is 1. The first-order chi connectivity index (χ1) is 10.5. The van der Waals surface area contributed by atoms with Crippen molar-refractivity contribution in [2.45, 2.75) is 30.6 Å². The second kappa shape index (κ2) is 5.94. The average Bonchev–Trinajstić information content (AvgIpc) is 3.04. The lowest BCUT2D eigenvalue weighted by atomic mass is 9.98. The predicted octanol–water partition coefficient (Wildman–Crippen LogP) is 1.73. The number of halogens is 1. The zero-order valence-corrected chi connectivity index (χ0v) is 13.6. The molecule has 1 aliphatic heterocycles. The molecule has 0 radical (unpaired) electrons. The lowest BCUT2D eigenvalue weighted by Crippen LogP contribution is -2.38. The molecule has 0 atom stereocenters. The fourth-order valence-electron chi connectivity index (χ4n) is 2.69. The van der Waals surface area contributed by atoms with Gasteiger partial charge in [-0.05, 0) is 37.5 Å². The van der Waals surface area contributed by atoms with Crippen LogP contribution in [0.3, 0.4) is 0 Å². The normalized spacial score (nSPS) is 17.7. The number of hydrogen-bond acceptors (Lipinski definition) is 5. The van der Waals surface area contributed by atoms with E-state index in [1.54, 1.807) is 19.1 Å². The van der Waals surface area contributed by atoms with Crippen molar-refractivity contribution in [1.29, 1.82) is 0 Å². The molecule has 0 spiro atoms. The zero-order chi connectivity index (χ0) is 15.7. The van der Waals surface area contributed by atoms with Gasteiger partial charge in [0.1, 0.15) is 0 Å². The highest BCUT2D eigenvalue weighted by atomic mass is 35.5. The quantitative estimate of drug-likeness (QED) is 0.917. The van der Waals surface area contributed by atoms with Gasteiger partial charge in [0.2, 0.25) is 10.0 Å². The number of tetrazole rings is 1. The first kappa shape index (κ1) is 15.4. The molecule has 1 saturated heterocycles. The van der Waals surface area contributed by atoms with Gasteiger partial charge in [0, 0.05) is 24.0 Å². The molecule has 1 N–H and O–H groups in total. The summed E-state index contributed by atoms with van der Waals surface area (Å²) in [5.74, 6) is 0.793. The molecule has 22 heavy (non-hydrogen) atoms. The molecule has 9 heteroatoms. The molecule has 118 valence electrons. The number of nitrogens with zero attached hydrogens (tertiary/aromatic N) is 4. The number of H-pyrrole nitrogens is 1. The van der Waals surface area contributed by atoms with Crippen LogP contribution in [-0.4, -0.2) is 46.4 Å². The highest BCUT2D eigenvalue weighted by Gasteiger charge is 2.32. The van der Waals surface area contributed by atoms with Crippen LogP contribution in [0.2, 0.25) is 5.02 Å². The Bertz CT molecular complexity index is 755. The van der Waals surface area contributed by atoms with Gasteiger partial charge < -0.3 is 0 Å². The van der Waals surface area contributed by atoms with Crippen LogP contribution in [0.4, 0.5) is 0 Å². The van der Waals surface area contributed by atoms with Crippen molar-refractivity contribution >= 4 is 21.6 Å². The Morgan fingerprint density at radius 1 is 1.32 bits per heavy atom. The molecule has 2 aromatic rings. The Labute approximate surface area is 133 Å². The SMILES string of the molecule is Cc1ccc(Cl)cc1S(=O)(=O)N1CCC(c2nn[nH]n2)CC1. The summed E-state index contributed by atoms with van der Waals surface area (Å²) in [6.07, 6.45) is 1.36. The first-order valence-corrected chi connectivity index (χ1v) is 8.80. The molecular weight excluding hydrogens is 326 g/mol. The smallest absolute Gasteiger partial charge is 0.207 e. The number of nitrogens with one attached hydrogen (secondary N) is 1. The zero-order valence-electron chi connectivity index (χ0n) is 12.0. The Kier molecular flexibility index (Phi) is 4.16. The maximum absolute atomic E-state index is 12.8. The number of rotatable bonds is 3. The summed E-state index contributed by atoms with van der Waals surface area (Å²) in [7, 11) is -3.52. The minimum Gasteiger partial charge on any atom is -0.207 e. The lowest BCUT2D eigenvalue weighted by Gasteiger charge is -2.30. The van der Waals surface area contributed by atoms with Gasteiger partial charge in [-0.2, -0.15) is 9.52 Å². The summed E-state index contributed by atoms with van der Waals surface area (Å²) >= 11 is 5.94. The number of piperidine rings is 1. The number of sulfonamides is 1. The Balaban J connectivity index is 1.79. The van der Waals surface area contributed by atoms with Crippen molar-refractivity contribution < 1.29 is 8.42 Å². The van der Waals surface area contributed by atoms with E-state index in [0.29, 0.717) is 42.3 Å². The van der Waals surface area contributed by atoms with Crippen LogP contribution in [0.15, 0.2) is 23.1 Å². The van der Waals surface area contributed by atoms with E-state index in [0.717, 1.165) is 0 Å². The summed E-state index contributed by atoms with van der Waals surface area (Å²) in [5, 5.41) is 14.4. The molecular formula is C13H16ClN5O2S. The van der Waals surface area contributed by atoms with Gasteiger partial charge in [0.05, 0.1) is 4.90 Å². The third kappa shape index (κ3) is 2.86. The molecule has 0 bridgehead atoms. The standard InChI is InChI=1S/C13H16ClN5O2S/c1-9-2-3-11(14)8-12(9)22(20,21)19-6-4-10(5-7-19)13-15-17-18-16-13/h2-3,8,10H,4-7H2,1H3,(H,15,16,17,18). The summed E-state index contributed by atoms with van der Waals surface area (Å²) in [4.78, 5) is 0.276. The van der Waals surface area contributed by atoms with E-state index >= 15 is 0 Å². The van der Waals surface area contributed by atoms with Crippen LogP contribution in [0.25, 0.3) is 0 Å². The second-order valence-electron chi connectivity index (χ2n) is 5.36. The third-order valence-electron chi connectivity index (χ3n) is 3.95. The molecule has 1 aliphatic rings. The second-order valence-corrected chi connectivity index (χ2v) is 7.70. The van der Waals surface area contributed by atoms with E-state index in [-0.39, 0.29) is 10.8 Å². The van der Waals surface area contributed by atoms with Crippen molar-refractivity contribution in [3.63, 3.8) is 0 Å². The van der Waals surface area contributed by atoms with E-state index in [9.17, 15) is 8.42 Å². The maximum atomic E-state index is 12.8. The molecule has 0 amide bonds. The minimum atomic E-state index is -3.52. The van der Waals surface area contributed by atoms with Crippen LogP contribution in [-0.2, 0) is 10.0 Å². The van der Waals surface area contributed by atoms with Gasteiger partial charge in [-0.25, -0.2) is 8.42 Å². The maximum Gasteiger partial charge on any atom is 0.243 e. The minimum absolute atomic E-state index is 0.144. The molecule has 2 heterocycles. The summed E-state index contributed by atoms with van der Waals surface area (Å²) in [6.45, 7) is 2.65. The van der Waals surface area contributed by atoms with Crippen molar-refractivity contribution in [3.05, 3.63) is 34.6 Å². The topological polar surface area (TPSA) is 91.8 Å². The summed E-state index contributed by atoms with van der Waals surface area (Å²) in [5.41, 5.74) is 0.699. The summed E-state index contributed by atoms with van der Waals surface area (Å²) in [6, 6.07) is 4.93. The average molecular weight is 342 g/mol. The van der Waals surface area contributed by atoms with Gasteiger partial charge in [-0.1, -0.05) is 22.9 Å². The number of aromatic amines is 1. The van der Waals surface area contributed by atoms with Crippen LogP contribution in [0.5, 0.6) is 0 Å². The van der Waals surface area contributed by atoms with Crippen LogP contribution in [0.1, 0.15) is 30.1 Å². The molecule has 0 aliphatic carbocycles. The molecule has 3 rings (SSSR count). The van der Waals surface area contributed by atoms with Gasteiger partial charge in [0.25, 0.3) is 0 Å². The monoisotopic (exact) mass is 341 g/mol. The number of hydrogen-bond donors (Lipinski definition) is 1. The van der Waals surface area contributed by atoms with Crippen molar-refractivity contribution in [3.8, 4) is 0 Å². The van der Waals surface area contributed by atoms with Crippen LogP contribution < -0.4 is 0 Å². The first-order valence-electron chi connectivity index (χ1n) is 6.98. The fourth-order valence-corrected chi connectivity index (χ4v) is 4.65. The Hall–Kier alpha value is -1.51.